The molecule has 138 valence electrons. The van der Waals surface area contributed by atoms with Crippen LogP contribution >= 0.6 is 11.6 Å². The fourth-order valence-electron chi connectivity index (χ4n) is 3.33. The zero-order valence-electron chi connectivity index (χ0n) is 14.6. The second-order valence-corrected chi connectivity index (χ2v) is 6.72. The Morgan fingerprint density at radius 3 is 2.77 bits per heavy atom. The number of halogens is 1. The summed E-state index contributed by atoms with van der Waals surface area (Å²) in [5.74, 6) is -1.18. The number of aliphatic carboxylic acids is 1. The van der Waals surface area contributed by atoms with E-state index in [0.29, 0.717) is 34.9 Å². The van der Waals surface area contributed by atoms with Crippen LogP contribution in [0, 0.1) is 6.92 Å². The molecule has 1 saturated heterocycles. The highest BCUT2D eigenvalue weighted by Crippen LogP contribution is 2.27. The number of hydrogen-bond acceptors (Lipinski definition) is 4. The van der Waals surface area contributed by atoms with Gasteiger partial charge in [0, 0.05) is 19.7 Å². The number of rotatable bonds is 5. The van der Waals surface area contributed by atoms with Gasteiger partial charge in [0.25, 0.3) is 5.91 Å². The van der Waals surface area contributed by atoms with E-state index in [1.54, 1.807) is 29.7 Å². The van der Waals surface area contributed by atoms with Crippen LogP contribution in [-0.2, 0) is 9.53 Å². The second kappa shape index (κ2) is 7.47. The first kappa shape index (κ1) is 18.4. The van der Waals surface area contributed by atoms with Crippen LogP contribution in [-0.4, -0.2) is 57.5 Å². The Morgan fingerprint density at radius 2 is 2.12 bits per heavy atom. The van der Waals surface area contributed by atoms with Crippen LogP contribution in [0.15, 0.2) is 30.5 Å². The van der Waals surface area contributed by atoms with Gasteiger partial charge in [0.05, 0.1) is 40.7 Å². The van der Waals surface area contributed by atoms with Crippen molar-refractivity contribution < 1.29 is 19.4 Å². The molecule has 2 aromatic rings. The van der Waals surface area contributed by atoms with Gasteiger partial charge >= 0.3 is 5.97 Å². The van der Waals surface area contributed by atoms with E-state index in [9.17, 15) is 9.59 Å². The predicted octanol–water partition coefficient (Wildman–Crippen LogP) is 2.54. The normalized spacial score (nSPS) is 19.7. The number of benzene rings is 1. The Bertz CT molecular complexity index is 836. The zero-order valence-corrected chi connectivity index (χ0v) is 15.3. The highest BCUT2D eigenvalue weighted by Gasteiger charge is 2.38. The Morgan fingerprint density at radius 1 is 1.38 bits per heavy atom. The maximum Gasteiger partial charge on any atom is 0.305 e. The lowest BCUT2D eigenvalue weighted by Gasteiger charge is -2.23. The molecule has 0 radical (unpaired) electrons. The molecule has 1 N–H and O–H groups in total. The minimum atomic E-state index is -0.937. The molecule has 2 atom stereocenters. The van der Waals surface area contributed by atoms with Gasteiger partial charge in [-0.05, 0) is 25.5 Å². The molecule has 1 fully saturated rings. The Hall–Kier alpha value is -2.38. The molecule has 1 aliphatic rings. The molecule has 8 heteroatoms. The third kappa shape index (κ3) is 3.45. The standard InChI is InChI=1S/C18H20ClN3O4/c1-11-14(9-20-22(11)16-6-4-3-5-15(16)19)18(25)21-10-13(26-2)7-12(21)8-17(23)24/h3-6,9,12-13H,7-8,10H2,1-2H3,(H,23,24). The first-order valence-electron chi connectivity index (χ1n) is 8.27. The molecule has 26 heavy (non-hydrogen) atoms. The average Bonchev–Trinajstić information content (AvgIpc) is 3.18. The van der Waals surface area contributed by atoms with E-state index in [0.717, 1.165) is 0 Å². The third-order valence-electron chi connectivity index (χ3n) is 4.70. The molecule has 1 aliphatic heterocycles. The topological polar surface area (TPSA) is 84.7 Å². The van der Waals surface area contributed by atoms with Crippen LogP contribution in [0.1, 0.15) is 28.9 Å². The number of aromatic nitrogens is 2. The summed E-state index contributed by atoms with van der Waals surface area (Å²) in [7, 11) is 1.57. The molecule has 0 aliphatic carbocycles. The third-order valence-corrected chi connectivity index (χ3v) is 5.02. The molecule has 1 amide bonds. The number of hydrogen-bond donors (Lipinski definition) is 1. The first-order chi connectivity index (χ1) is 12.4. The summed E-state index contributed by atoms with van der Waals surface area (Å²) in [5, 5.41) is 14.0. The van der Waals surface area contributed by atoms with E-state index < -0.39 is 12.0 Å². The predicted molar refractivity (Wildman–Crippen MR) is 95.8 cm³/mol. The Labute approximate surface area is 156 Å². The molecule has 2 heterocycles. The SMILES string of the molecule is COC1CC(CC(=O)O)N(C(=O)c2cnn(-c3ccccc3Cl)c2C)C1. The summed E-state index contributed by atoms with van der Waals surface area (Å²) in [6, 6.07) is 6.85. The summed E-state index contributed by atoms with van der Waals surface area (Å²) in [6.45, 7) is 2.16. The highest BCUT2D eigenvalue weighted by molar-refractivity contribution is 6.32. The van der Waals surface area contributed by atoms with Gasteiger partial charge in [-0.15, -0.1) is 0 Å². The highest BCUT2D eigenvalue weighted by atomic mass is 35.5. The molecular weight excluding hydrogens is 358 g/mol. The fraction of sp³-hybridized carbons (Fsp3) is 0.389. The lowest BCUT2D eigenvalue weighted by Crippen LogP contribution is -2.37. The van der Waals surface area contributed by atoms with E-state index in [4.69, 9.17) is 21.4 Å². The van der Waals surface area contributed by atoms with Gasteiger partial charge < -0.3 is 14.7 Å². The van der Waals surface area contributed by atoms with Crippen molar-refractivity contribution in [1.82, 2.24) is 14.7 Å². The van der Waals surface area contributed by atoms with E-state index in [1.165, 1.54) is 6.20 Å². The molecule has 2 unspecified atom stereocenters. The van der Waals surface area contributed by atoms with Crippen LogP contribution in [0.5, 0.6) is 0 Å². The number of carbonyl (C=O) groups excluding carboxylic acids is 1. The molecule has 3 rings (SSSR count). The molecule has 0 bridgehead atoms. The van der Waals surface area contributed by atoms with E-state index in [1.807, 2.05) is 18.2 Å². The van der Waals surface area contributed by atoms with Gasteiger partial charge in [0.1, 0.15) is 0 Å². The maximum absolute atomic E-state index is 13.0. The van der Waals surface area contributed by atoms with Crippen molar-refractivity contribution in [2.45, 2.75) is 31.9 Å². The maximum atomic E-state index is 13.0. The lowest BCUT2D eigenvalue weighted by molar-refractivity contribution is -0.137. The quantitative estimate of drug-likeness (QED) is 0.865. The van der Waals surface area contributed by atoms with Crippen molar-refractivity contribution >= 4 is 23.5 Å². The summed E-state index contributed by atoms with van der Waals surface area (Å²) >= 11 is 6.23. The molecule has 7 nitrogen and oxygen atoms in total. The minimum Gasteiger partial charge on any atom is -0.481 e. The van der Waals surface area contributed by atoms with Crippen LogP contribution in [0.3, 0.4) is 0 Å². The van der Waals surface area contributed by atoms with Crippen LogP contribution in [0.25, 0.3) is 5.69 Å². The molecule has 1 aromatic carbocycles. The van der Waals surface area contributed by atoms with Crippen molar-refractivity contribution in [3.8, 4) is 5.69 Å². The monoisotopic (exact) mass is 377 g/mol. The van der Waals surface area contributed by atoms with Gasteiger partial charge in [-0.3, -0.25) is 9.59 Å². The van der Waals surface area contributed by atoms with Crippen molar-refractivity contribution in [3.63, 3.8) is 0 Å². The van der Waals surface area contributed by atoms with Crippen LogP contribution < -0.4 is 0 Å². The van der Waals surface area contributed by atoms with Crippen molar-refractivity contribution in [2.75, 3.05) is 13.7 Å². The fourth-order valence-corrected chi connectivity index (χ4v) is 3.54. The second-order valence-electron chi connectivity index (χ2n) is 6.31. The van der Waals surface area contributed by atoms with Gasteiger partial charge in [-0.1, -0.05) is 23.7 Å². The van der Waals surface area contributed by atoms with Gasteiger partial charge in [0.2, 0.25) is 0 Å². The van der Waals surface area contributed by atoms with Gasteiger partial charge in [0.15, 0.2) is 0 Å². The number of ether oxygens (including phenoxy) is 1. The Balaban J connectivity index is 1.90. The Kier molecular flexibility index (Phi) is 5.29. The first-order valence-corrected chi connectivity index (χ1v) is 8.65. The van der Waals surface area contributed by atoms with Crippen molar-refractivity contribution in [1.29, 1.82) is 0 Å². The summed E-state index contributed by atoms with van der Waals surface area (Å²) < 4.78 is 6.95. The summed E-state index contributed by atoms with van der Waals surface area (Å²) in [6.07, 6.45) is 1.73. The van der Waals surface area contributed by atoms with Crippen molar-refractivity contribution in [2.24, 2.45) is 0 Å². The van der Waals surface area contributed by atoms with Crippen molar-refractivity contribution in [3.05, 3.63) is 46.7 Å². The molecule has 1 aromatic heterocycles. The van der Waals surface area contributed by atoms with E-state index in [2.05, 4.69) is 5.10 Å². The number of likely N-dealkylation sites (tertiary alicyclic amines) is 1. The van der Waals surface area contributed by atoms with Crippen LogP contribution in [0.4, 0.5) is 0 Å². The number of carbonyl (C=O) groups is 2. The van der Waals surface area contributed by atoms with Gasteiger partial charge in [-0.25, -0.2) is 4.68 Å². The number of amides is 1. The molecule has 0 saturated carbocycles. The number of nitrogens with zero attached hydrogens (tertiary/aromatic N) is 3. The van der Waals surface area contributed by atoms with E-state index in [-0.39, 0.29) is 18.4 Å². The van der Waals surface area contributed by atoms with Gasteiger partial charge in [-0.2, -0.15) is 5.10 Å². The largest absolute Gasteiger partial charge is 0.481 e. The van der Waals surface area contributed by atoms with E-state index >= 15 is 0 Å². The summed E-state index contributed by atoms with van der Waals surface area (Å²) in [5.41, 5.74) is 1.76. The zero-order chi connectivity index (χ0) is 18.8. The number of carboxylic acid groups (broad SMARTS) is 1. The molecule has 0 spiro atoms. The number of carboxylic acids is 1. The molecular formula is C18H20ClN3O4. The minimum absolute atomic E-state index is 0.108. The van der Waals surface area contributed by atoms with Crippen LogP contribution in [0.2, 0.25) is 5.02 Å². The average molecular weight is 378 g/mol. The summed E-state index contributed by atoms with van der Waals surface area (Å²) in [4.78, 5) is 25.8. The smallest absolute Gasteiger partial charge is 0.305 e. The number of para-hydroxylation sites is 1. The number of methoxy groups -OCH3 is 1. The lowest BCUT2D eigenvalue weighted by atomic mass is 10.1.